The minimum atomic E-state index is -0.525. The van der Waals surface area contributed by atoms with Crippen molar-refractivity contribution in [2.45, 2.75) is 50.7 Å². The summed E-state index contributed by atoms with van der Waals surface area (Å²) in [6.45, 7) is 0.863. The van der Waals surface area contributed by atoms with E-state index in [9.17, 15) is 8.78 Å². The second-order valence-electron chi connectivity index (χ2n) is 5.49. The van der Waals surface area contributed by atoms with Crippen molar-refractivity contribution >= 4 is 0 Å². The molecule has 0 saturated carbocycles. The molecule has 1 aliphatic heterocycles. The third-order valence-electron chi connectivity index (χ3n) is 4.00. The van der Waals surface area contributed by atoms with Crippen LogP contribution < -0.4 is 5.32 Å². The SMILES string of the molecule is CNC(CCC1CCCCO1)Cc1ccc(F)cc1F. The van der Waals surface area contributed by atoms with Gasteiger partial charge in [0.25, 0.3) is 0 Å². The van der Waals surface area contributed by atoms with Crippen molar-refractivity contribution in [2.24, 2.45) is 0 Å². The lowest BCUT2D eigenvalue weighted by Gasteiger charge is -2.25. The van der Waals surface area contributed by atoms with E-state index in [-0.39, 0.29) is 6.04 Å². The number of nitrogens with one attached hydrogen (secondary N) is 1. The summed E-state index contributed by atoms with van der Waals surface area (Å²) in [6, 6.07) is 3.99. The molecule has 2 nitrogen and oxygen atoms in total. The number of benzene rings is 1. The Morgan fingerprint density at radius 3 is 2.85 bits per heavy atom. The number of rotatable bonds is 6. The van der Waals surface area contributed by atoms with Crippen molar-refractivity contribution in [3.63, 3.8) is 0 Å². The molecule has 20 heavy (non-hydrogen) atoms. The monoisotopic (exact) mass is 283 g/mol. The number of likely N-dealkylation sites (N-methyl/N-ethyl adjacent to an activating group) is 1. The molecule has 0 aromatic heterocycles. The van der Waals surface area contributed by atoms with Gasteiger partial charge in [0, 0.05) is 18.7 Å². The maximum Gasteiger partial charge on any atom is 0.129 e. The molecule has 2 unspecified atom stereocenters. The molecule has 1 aliphatic rings. The van der Waals surface area contributed by atoms with E-state index in [1.54, 1.807) is 0 Å². The van der Waals surface area contributed by atoms with E-state index < -0.39 is 11.6 Å². The standard InChI is InChI=1S/C16H23F2NO/c1-19-14(7-8-15-4-2-3-9-20-15)10-12-5-6-13(17)11-16(12)18/h5-6,11,14-15,19H,2-4,7-10H2,1H3. The Bertz CT molecular complexity index is 419. The summed E-state index contributed by atoms with van der Waals surface area (Å²) in [5.74, 6) is -0.984. The minimum absolute atomic E-state index is 0.195. The second-order valence-corrected chi connectivity index (χ2v) is 5.49. The van der Waals surface area contributed by atoms with Crippen LogP contribution in [0.3, 0.4) is 0 Å². The van der Waals surface area contributed by atoms with Crippen molar-refractivity contribution in [1.29, 1.82) is 0 Å². The zero-order chi connectivity index (χ0) is 14.4. The van der Waals surface area contributed by atoms with E-state index in [0.717, 1.165) is 38.4 Å². The van der Waals surface area contributed by atoms with Gasteiger partial charge < -0.3 is 10.1 Å². The summed E-state index contributed by atoms with van der Waals surface area (Å²) in [6.07, 6.45) is 6.38. The van der Waals surface area contributed by atoms with Gasteiger partial charge in [-0.2, -0.15) is 0 Å². The molecule has 4 heteroatoms. The van der Waals surface area contributed by atoms with Gasteiger partial charge in [-0.3, -0.25) is 0 Å². The van der Waals surface area contributed by atoms with E-state index in [0.29, 0.717) is 18.1 Å². The molecule has 0 amide bonds. The fraction of sp³-hybridized carbons (Fsp3) is 0.625. The molecule has 1 saturated heterocycles. The van der Waals surface area contributed by atoms with Crippen molar-refractivity contribution < 1.29 is 13.5 Å². The van der Waals surface area contributed by atoms with Crippen LogP contribution in [-0.4, -0.2) is 25.8 Å². The third-order valence-corrected chi connectivity index (χ3v) is 4.00. The Morgan fingerprint density at radius 1 is 1.35 bits per heavy atom. The molecule has 1 fully saturated rings. The zero-order valence-corrected chi connectivity index (χ0v) is 12.0. The largest absolute Gasteiger partial charge is 0.378 e. The summed E-state index contributed by atoms with van der Waals surface area (Å²) in [7, 11) is 1.88. The molecule has 2 atom stereocenters. The van der Waals surface area contributed by atoms with Gasteiger partial charge in [-0.1, -0.05) is 6.07 Å². The Hall–Kier alpha value is -1.00. The van der Waals surface area contributed by atoms with Gasteiger partial charge in [0.05, 0.1) is 6.10 Å². The Morgan fingerprint density at radius 2 is 2.20 bits per heavy atom. The molecular formula is C16H23F2NO. The van der Waals surface area contributed by atoms with Crippen LogP contribution in [0.25, 0.3) is 0 Å². The Kier molecular flexibility index (Phi) is 5.92. The number of hydrogen-bond acceptors (Lipinski definition) is 2. The van der Waals surface area contributed by atoms with E-state index in [1.807, 2.05) is 7.05 Å². The summed E-state index contributed by atoms with van der Waals surface area (Å²) < 4.78 is 32.2. The van der Waals surface area contributed by atoms with E-state index >= 15 is 0 Å². The van der Waals surface area contributed by atoms with Gasteiger partial charge in [-0.15, -0.1) is 0 Å². The van der Waals surface area contributed by atoms with Crippen LogP contribution in [0.5, 0.6) is 0 Å². The molecule has 1 aromatic rings. The summed E-state index contributed by atoms with van der Waals surface area (Å²) >= 11 is 0. The second kappa shape index (κ2) is 7.70. The average Bonchev–Trinajstić information content (AvgIpc) is 2.46. The maximum absolute atomic E-state index is 13.6. The fourth-order valence-electron chi connectivity index (χ4n) is 2.72. The van der Waals surface area contributed by atoms with Crippen molar-refractivity contribution in [1.82, 2.24) is 5.32 Å². The summed E-state index contributed by atoms with van der Waals surface area (Å²) in [5, 5.41) is 3.22. The van der Waals surface area contributed by atoms with E-state index in [1.165, 1.54) is 18.6 Å². The number of hydrogen-bond donors (Lipinski definition) is 1. The first kappa shape index (κ1) is 15.4. The van der Waals surface area contributed by atoms with E-state index in [4.69, 9.17) is 4.74 Å². The van der Waals surface area contributed by atoms with Crippen LogP contribution in [0.4, 0.5) is 8.78 Å². The van der Waals surface area contributed by atoms with E-state index in [2.05, 4.69) is 5.32 Å². The molecular weight excluding hydrogens is 260 g/mol. The smallest absolute Gasteiger partial charge is 0.129 e. The van der Waals surface area contributed by atoms with Crippen LogP contribution in [0.15, 0.2) is 18.2 Å². The number of ether oxygens (including phenoxy) is 1. The highest BCUT2D eigenvalue weighted by Crippen LogP contribution is 2.19. The molecule has 2 rings (SSSR count). The first-order chi connectivity index (χ1) is 9.69. The molecule has 1 aromatic carbocycles. The molecule has 0 radical (unpaired) electrons. The highest BCUT2D eigenvalue weighted by atomic mass is 19.1. The van der Waals surface area contributed by atoms with Crippen LogP contribution in [0.2, 0.25) is 0 Å². The highest BCUT2D eigenvalue weighted by Gasteiger charge is 2.17. The molecule has 1 heterocycles. The quantitative estimate of drug-likeness (QED) is 0.863. The minimum Gasteiger partial charge on any atom is -0.378 e. The van der Waals surface area contributed by atoms with Gasteiger partial charge in [-0.05, 0) is 57.2 Å². The summed E-state index contributed by atoms with van der Waals surface area (Å²) in [5.41, 5.74) is 0.565. The normalized spacial score (nSPS) is 20.9. The molecule has 112 valence electrons. The lowest BCUT2D eigenvalue weighted by atomic mass is 9.97. The topological polar surface area (TPSA) is 21.3 Å². The van der Waals surface area contributed by atoms with Crippen molar-refractivity contribution in [2.75, 3.05) is 13.7 Å². The lowest BCUT2D eigenvalue weighted by molar-refractivity contribution is 0.00869. The van der Waals surface area contributed by atoms with Gasteiger partial charge in [0.15, 0.2) is 0 Å². The van der Waals surface area contributed by atoms with Gasteiger partial charge in [-0.25, -0.2) is 8.78 Å². The van der Waals surface area contributed by atoms with Gasteiger partial charge in [0.1, 0.15) is 11.6 Å². The molecule has 0 bridgehead atoms. The van der Waals surface area contributed by atoms with Crippen molar-refractivity contribution in [3.8, 4) is 0 Å². The van der Waals surface area contributed by atoms with Gasteiger partial charge >= 0.3 is 0 Å². The first-order valence-electron chi connectivity index (χ1n) is 7.42. The van der Waals surface area contributed by atoms with Crippen LogP contribution in [-0.2, 0) is 11.2 Å². The zero-order valence-electron chi connectivity index (χ0n) is 12.0. The molecule has 1 N–H and O–H groups in total. The lowest BCUT2D eigenvalue weighted by Crippen LogP contribution is -2.30. The van der Waals surface area contributed by atoms with Gasteiger partial charge in [0.2, 0.25) is 0 Å². The average molecular weight is 283 g/mol. The fourth-order valence-corrected chi connectivity index (χ4v) is 2.72. The predicted octanol–water partition coefficient (Wildman–Crippen LogP) is 3.44. The van der Waals surface area contributed by atoms with Crippen LogP contribution >= 0.6 is 0 Å². The van der Waals surface area contributed by atoms with Crippen LogP contribution in [0.1, 0.15) is 37.7 Å². The molecule has 0 spiro atoms. The predicted molar refractivity (Wildman–Crippen MR) is 75.7 cm³/mol. The third kappa shape index (κ3) is 4.53. The Balaban J connectivity index is 1.84. The molecule has 0 aliphatic carbocycles. The van der Waals surface area contributed by atoms with Crippen LogP contribution in [0, 0.1) is 11.6 Å². The summed E-state index contributed by atoms with van der Waals surface area (Å²) in [4.78, 5) is 0. The number of halogens is 2. The maximum atomic E-state index is 13.6. The first-order valence-corrected chi connectivity index (χ1v) is 7.42. The van der Waals surface area contributed by atoms with Crippen molar-refractivity contribution in [3.05, 3.63) is 35.4 Å². The Labute approximate surface area is 119 Å². The highest BCUT2D eigenvalue weighted by molar-refractivity contribution is 5.19.